The molecule has 2 bridgehead atoms. The first-order valence-electron chi connectivity index (χ1n) is 24.9. The Morgan fingerprint density at radius 1 is 0.803 bits per heavy atom. The summed E-state index contributed by atoms with van der Waals surface area (Å²) in [5.41, 5.74) is 1.15. The van der Waals surface area contributed by atoms with E-state index in [1.807, 2.05) is 71.9 Å². The Labute approximate surface area is 425 Å². The van der Waals surface area contributed by atoms with Crippen molar-refractivity contribution in [2.24, 2.45) is 35.5 Å². The van der Waals surface area contributed by atoms with Gasteiger partial charge in [0.05, 0.1) is 42.7 Å². The summed E-state index contributed by atoms with van der Waals surface area (Å²) in [6.45, 7) is 13.7. The molecule has 2 rings (SSSR count). The van der Waals surface area contributed by atoms with Crippen LogP contribution in [0.25, 0.3) is 0 Å². The van der Waals surface area contributed by atoms with Crippen LogP contribution in [0.1, 0.15) is 87.0 Å². The number of cyclic esters (lactones) is 1. The number of Topliss-reactive ketones (excluding diaryl/α,β-unsaturated/α-hetero) is 1. The average Bonchev–Trinajstić information content (AvgIpc) is 3.36. The molecule has 2 heterocycles. The van der Waals surface area contributed by atoms with E-state index in [0.29, 0.717) is 50.5 Å². The fourth-order valence-electron chi connectivity index (χ4n) is 9.73. The lowest BCUT2D eigenvalue weighted by atomic mass is 9.81. The number of carbonyl (C=O) groups is 4. The molecule has 0 spiro atoms. The second-order valence-corrected chi connectivity index (χ2v) is 19.3. The van der Waals surface area contributed by atoms with Crippen molar-refractivity contribution in [2.75, 3.05) is 63.9 Å². The standard InChI is InChI=1S/C55H89NO15/c1-34-19-17-21-49(59)70-53(40(7)52(68-15)36(3)24-27-44(58)38(5)45(64-11)20-18-28-56(8)33-57)37(4)23-26-41(62-9)30-46(65-12)35(2)22-25-42(63-10)31-47(66-13)39(6)54-51(61)43(32-50(60)71-54)55(69-16)48(29-34)67-14/h17-19,21-23,25-26,28,32-33,35-42,45-48,51-55,61H,20,24,27,29-31H2,1-16H3/b21-17-,25-22+,26-23+,28-18+,34-19+. The Morgan fingerprint density at radius 2 is 1.41 bits per heavy atom. The molecule has 17 atom stereocenters. The van der Waals surface area contributed by atoms with Crippen molar-refractivity contribution in [3.63, 3.8) is 0 Å². The van der Waals surface area contributed by atoms with E-state index in [1.165, 1.54) is 31.3 Å². The van der Waals surface area contributed by atoms with Gasteiger partial charge in [-0.05, 0) is 32.1 Å². The molecule has 17 unspecified atom stereocenters. The van der Waals surface area contributed by atoms with Gasteiger partial charge < -0.3 is 57.4 Å². The average molecular weight is 1000 g/mol. The van der Waals surface area contributed by atoms with Crippen LogP contribution in [0, 0.1) is 35.5 Å². The molecule has 2 aliphatic heterocycles. The van der Waals surface area contributed by atoms with Crippen LogP contribution in [0.3, 0.4) is 0 Å². The SMILES string of the molecule is COC1/C=C/C(C)C(C(C)C(OC)C(C)CCC(=O)C(C)C(C/C=C/N(C)C=O)OC)OC(=O)/C=C\C=C(/C)CC(OC)C(OC)C2=CC(=O)OC(C2O)C(C)C(OC)CC(OC)/C=C/C(C)C(OC)C1. The van der Waals surface area contributed by atoms with Gasteiger partial charge in [0.1, 0.15) is 30.2 Å². The highest BCUT2D eigenvalue weighted by Gasteiger charge is 2.43. The van der Waals surface area contributed by atoms with Crippen LogP contribution < -0.4 is 0 Å². The molecule has 1 amide bonds. The van der Waals surface area contributed by atoms with Crippen LogP contribution in [0.5, 0.6) is 0 Å². The summed E-state index contributed by atoms with van der Waals surface area (Å²) in [6.07, 6.45) is 14.2. The molecule has 404 valence electrons. The van der Waals surface area contributed by atoms with E-state index in [0.717, 1.165) is 5.57 Å². The summed E-state index contributed by atoms with van der Waals surface area (Å²) in [4.78, 5) is 52.9. The van der Waals surface area contributed by atoms with Crippen molar-refractivity contribution in [1.29, 1.82) is 0 Å². The lowest BCUT2D eigenvalue weighted by molar-refractivity contribution is -0.162. The Hall–Kier alpha value is -3.84. The Bertz CT molecular complexity index is 1790. The molecule has 16 heteroatoms. The highest BCUT2D eigenvalue weighted by molar-refractivity contribution is 5.84. The third-order valence-corrected chi connectivity index (χ3v) is 14.4. The maximum atomic E-state index is 13.8. The van der Waals surface area contributed by atoms with E-state index in [1.54, 1.807) is 68.1 Å². The molecule has 0 aromatic rings. The summed E-state index contributed by atoms with van der Waals surface area (Å²) in [6, 6.07) is 0. The van der Waals surface area contributed by atoms with Crippen molar-refractivity contribution in [3.05, 3.63) is 72.0 Å². The molecule has 0 radical (unpaired) electrons. The number of fused-ring (bicyclic) bond motifs is 2. The summed E-state index contributed by atoms with van der Waals surface area (Å²) < 4.78 is 59.6. The highest BCUT2D eigenvalue weighted by atomic mass is 16.6. The summed E-state index contributed by atoms with van der Waals surface area (Å²) in [5, 5.41) is 11.8. The second-order valence-electron chi connectivity index (χ2n) is 19.3. The summed E-state index contributed by atoms with van der Waals surface area (Å²) in [5.74, 6) is -2.75. The molecule has 0 aromatic heterocycles. The first-order valence-corrected chi connectivity index (χ1v) is 24.9. The van der Waals surface area contributed by atoms with Gasteiger partial charge in [-0.15, -0.1) is 0 Å². The number of ether oxygens (including phenoxy) is 10. The number of nitrogens with zero attached hydrogens (tertiary/aromatic N) is 1. The number of methoxy groups -OCH3 is 8. The monoisotopic (exact) mass is 1000 g/mol. The maximum absolute atomic E-state index is 13.8. The molecule has 16 nitrogen and oxygen atoms in total. The van der Waals surface area contributed by atoms with Gasteiger partial charge in [0.25, 0.3) is 0 Å². The van der Waals surface area contributed by atoms with Crippen LogP contribution in [0.15, 0.2) is 72.0 Å². The fraction of sp³-hybridized carbons (Fsp3) is 0.709. The van der Waals surface area contributed by atoms with Crippen LogP contribution in [0.2, 0.25) is 0 Å². The van der Waals surface area contributed by atoms with Crippen molar-refractivity contribution >= 4 is 24.1 Å². The number of aliphatic hydroxyl groups is 1. The molecule has 0 saturated carbocycles. The Morgan fingerprint density at radius 3 is 1.96 bits per heavy atom. The lowest BCUT2D eigenvalue weighted by Gasteiger charge is -2.39. The third-order valence-electron chi connectivity index (χ3n) is 14.4. The molecule has 0 aromatic carbocycles. The van der Waals surface area contributed by atoms with Gasteiger partial charge in [-0.25, -0.2) is 9.59 Å². The number of allylic oxidation sites excluding steroid dienone is 2. The van der Waals surface area contributed by atoms with E-state index < -0.39 is 60.6 Å². The predicted octanol–water partition coefficient (Wildman–Crippen LogP) is 7.19. The van der Waals surface area contributed by atoms with Crippen LogP contribution >= 0.6 is 0 Å². The lowest BCUT2D eigenvalue weighted by Crippen LogP contribution is -2.50. The van der Waals surface area contributed by atoms with Crippen molar-refractivity contribution < 1.29 is 71.7 Å². The number of rotatable bonds is 20. The fourth-order valence-corrected chi connectivity index (χ4v) is 9.73. The predicted molar refractivity (Wildman–Crippen MR) is 272 cm³/mol. The van der Waals surface area contributed by atoms with Crippen LogP contribution in [-0.2, 0) is 66.5 Å². The van der Waals surface area contributed by atoms with Gasteiger partial charge in [0.2, 0.25) is 6.41 Å². The highest BCUT2D eigenvalue weighted by Crippen LogP contribution is 2.34. The number of amides is 1. The van der Waals surface area contributed by atoms with E-state index >= 15 is 0 Å². The Balaban J connectivity index is 2.59. The quantitative estimate of drug-likeness (QED) is 0.0734. The number of carbonyl (C=O) groups excluding carboxylic acids is 4. The van der Waals surface area contributed by atoms with Gasteiger partial charge in [0.15, 0.2) is 0 Å². The summed E-state index contributed by atoms with van der Waals surface area (Å²) >= 11 is 0. The van der Waals surface area contributed by atoms with E-state index in [-0.39, 0.29) is 59.8 Å². The molecule has 0 saturated heterocycles. The zero-order valence-electron chi connectivity index (χ0n) is 45.5. The number of esters is 2. The smallest absolute Gasteiger partial charge is 0.331 e. The molecule has 2 aliphatic rings. The number of hydrogen-bond donors (Lipinski definition) is 1. The van der Waals surface area contributed by atoms with E-state index in [9.17, 15) is 24.3 Å². The minimum atomic E-state index is -1.22. The van der Waals surface area contributed by atoms with Crippen molar-refractivity contribution in [2.45, 2.75) is 154 Å². The molecule has 71 heavy (non-hydrogen) atoms. The molecule has 0 fully saturated rings. The molecular weight excluding hydrogens is 915 g/mol. The second kappa shape index (κ2) is 33.1. The van der Waals surface area contributed by atoms with Crippen LogP contribution in [0.4, 0.5) is 0 Å². The van der Waals surface area contributed by atoms with Crippen molar-refractivity contribution in [3.8, 4) is 0 Å². The van der Waals surface area contributed by atoms with E-state index in [2.05, 4.69) is 6.92 Å². The minimum absolute atomic E-state index is 0.0551. The summed E-state index contributed by atoms with van der Waals surface area (Å²) in [7, 11) is 14.4. The van der Waals surface area contributed by atoms with E-state index in [4.69, 9.17) is 47.4 Å². The van der Waals surface area contributed by atoms with Gasteiger partial charge in [-0.2, -0.15) is 0 Å². The topological polar surface area (TPSA) is 184 Å². The minimum Gasteiger partial charge on any atom is -0.458 e. The van der Waals surface area contributed by atoms with Gasteiger partial charge in [-0.3, -0.25) is 9.59 Å². The zero-order chi connectivity index (χ0) is 53.4. The zero-order valence-corrected chi connectivity index (χ0v) is 45.5. The van der Waals surface area contributed by atoms with Crippen molar-refractivity contribution in [1.82, 2.24) is 4.90 Å². The maximum Gasteiger partial charge on any atom is 0.331 e. The first kappa shape index (κ1) is 63.3. The Kier molecular flexibility index (Phi) is 29.5. The first-order chi connectivity index (χ1) is 33.8. The molecular formula is C55H89NO15. The van der Waals surface area contributed by atoms with Gasteiger partial charge >= 0.3 is 11.9 Å². The van der Waals surface area contributed by atoms with Crippen LogP contribution in [-0.4, -0.2) is 165 Å². The normalized spacial score (nSPS) is 33.2. The number of ketones is 1. The van der Waals surface area contributed by atoms with Gasteiger partial charge in [-0.1, -0.05) is 89.6 Å². The molecule has 0 aliphatic carbocycles. The number of aliphatic hydroxyl groups excluding tert-OH is 1. The number of hydrogen-bond acceptors (Lipinski definition) is 15. The largest absolute Gasteiger partial charge is 0.458 e. The van der Waals surface area contributed by atoms with Gasteiger partial charge in [0, 0.05) is 137 Å². The third kappa shape index (κ3) is 19.8. The molecule has 1 N–H and O–H groups in total.